The molecule has 0 aliphatic carbocycles. The van der Waals surface area contributed by atoms with Crippen molar-refractivity contribution in [3.63, 3.8) is 0 Å². The van der Waals surface area contributed by atoms with Crippen molar-refractivity contribution in [2.75, 3.05) is 12.4 Å². The van der Waals surface area contributed by atoms with Gasteiger partial charge in [-0.05, 0) is 11.6 Å². The van der Waals surface area contributed by atoms with E-state index in [0.29, 0.717) is 5.88 Å². The molecule has 0 saturated carbocycles. The number of benzene rings is 1. The molecule has 120 valence electrons. The number of imidazole rings is 1. The van der Waals surface area contributed by atoms with Gasteiger partial charge in [0.1, 0.15) is 0 Å². The maximum Gasteiger partial charge on any atom is 0.214 e. The summed E-state index contributed by atoms with van der Waals surface area (Å²) >= 11 is 1.52. The second kappa shape index (κ2) is 6.29. The Hall–Kier alpha value is -2.93. The number of hydrogen-bond donors (Lipinski definition) is 1. The van der Waals surface area contributed by atoms with Crippen molar-refractivity contribution < 1.29 is 4.74 Å². The van der Waals surface area contributed by atoms with Gasteiger partial charge in [0.05, 0.1) is 19.0 Å². The average molecular weight is 337 g/mol. The molecule has 7 heteroatoms. The van der Waals surface area contributed by atoms with Crippen LogP contribution in [0.3, 0.4) is 0 Å². The SMILES string of the molecule is COc1ccc(-c2cn3nc(NCc4ccccc4)sc3n2)cn1. The molecule has 0 atom stereocenters. The predicted molar refractivity (Wildman–Crippen MR) is 94.4 cm³/mol. The fraction of sp³-hybridized carbons (Fsp3) is 0.118. The number of pyridine rings is 1. The molecule has 1 aromatic carbocycles. The highest BCUT2D eigenvalue weighted by Gasteiger charge is 2.10. The van der Waals surface area contributed by atoms with Gasteiger partial charge in [-0.15, -0.1) is 5.10 Å². The summed E-state index contributed by atoms with van der Waals surface area (Å²) in [6.45, 7) is 0.743. The molecule has 0 unspecified atom stereocenters. The molecule has 0 bridgehead atoms. The van der Waals surface area contributed by atoms with Gasteiger partial charge in [-0.25, -0.2) is 14.5 Å². The molecule has 0 aliphatic heterocycles. The molecule has 1 N–H and O–H groups in total. The first-order chi connectivity index (χ1) is 11.8. The van der Waals surface area contributed by atoms with Crippen LogP contribution in [0.1, 0.15) is 5.56 Å². The topological polar surface area (TPSA) is 64.3 Å². The lowest BCUT2D eigenvalue weighted by atomic mass is 10.2. The summed E-state index contributed by atoms with van der Waals surface area (Å²) in [6.07, 6.45) is 3.66. The quantitative estimate of drug-likeness (QED) is 0.604. The lowest BCUT2D eigenvalue weighted by molar-refractivity contribution is 0.398. The van der Waals surface area contributed by atoms with Gasteiger partial charge in [-0.1, -0.05) is 41.7 Å². The number of hydrogen-bond acceptors (Lipinski definition) is 6. The Morgan fingerprint density at radius 2 is 2.04 bits per heavy atom. The van der Waals surface area contributed by atoms with Crippen LogP contribution in [0.4, 0.5) is 5.13 Å². The number of anilines is 1. The highest BCUT2D eigenvalue weighted by molar-refractivity contribution is 7.20. The zero-order valence-electron chi connectivity index (χ0n) is 13.0. The van der Waals surface area contributed by atoms with E-state index >= 15 is 0 Å². The average Bonchev–Trinajstić information content (AvgIpc) is 3.19. The van der Waals surface area contributed by atoms with Crippen LogP contribution in [-0.2, 0) is 6.54 Å². The van der Waals surface area contributed by atoms with Crippen LogP contribution in [0.5, 0.6) is 5.88 Å². The Morgan fingerprint density at radius 1 is 1.17 bits per heavy atom. The first kappa shape index (κ1) is 14.6. The number of methoxy groups -OCH3 is 1. The summed E-state index contributed by atoms with van der Waals surface area (Å²) in [5.41, 5.74) is 3.00. The highest BCUT2D eigenvalue weighted by atomic mass is 32.1. The lowest BCUT2D eigenvalue weighted by Crippen LogP contribution is -1.99. The number of nitrogens with one attached hydrogen (secondary N) is 1. The summed E-state index contributed by atoms with van der Waals surface area (Å²) in [6, 6.07) is 14.0. The summed E-state index contributed by atoms with van der Waals surface area (Å²) in [7, 11) is 1.60. The predicted octanol–water partition coefficient (Wildman–Crippen LogP) is 3.47. The van der Waals surface area contributed by atoms with E-state index in [-0.39, 0.29) is 0 Å². The zero-order valence-corrected chi connectivity index (χ0v) is 13.8. The van der Waals surface area contributed by atoms with Crippen molar-refractivity contribution in [2.24, 2.45) is 0 Å². The Bertz CT molecular complexity index is 915. The first-order valence-electron chi connectivity index (χ1n) is 7.46. The van der Waals surface area contributed by atoms with Crippen LogP contribution in [0.2, 0.25) is 0 Å². The van der Waals surface area contributed by atoms with Crippen LogP contribution in [0.25, 0.3) is 16.2 Å². The van der Waals surface area contributed by atoms with Crippen molar-refractivity contribution in [1.29, 1.82) is 0 Å². The number of fused-ring (bicyclic) bond motifs is 1. The molecular formula is C17H15N5OS. The molecule has 0 aliphatic rings. The Morgan fingerprint density at radius 3 is 2.75 bits per heavy atom. The molecule has 0 fully saturated rings. The molecular weight excluding hydrogens is 322 g/mol. The number of rotatable bonds is 5. The minimum Gasteiger partial charge on any atom is -0.481 e. The Kier molecular flexibility index (Phi) is 3.84. The maximum atomic E-state index is 5.07. The number of nitrogens with zero attached hydrogens (tertiary/aromatic N) is 4. The largest absolute Gasteiger partial charge is 0.481 e. The second-order valence-corrected chi connectivity index (χ2v) is 6.14. The monoisotopic (exact) mass is 337 g/mol. The van der Waals surface area contributed by atoms with Crippen LogP contribution >= 0.6 is 11.3 Å². The molecule has 24 heavy (non-hydrogen) atoms. The van der Waals surface area contributed by atoms with Gasteiger partial charge in [0.2, 0.25) is 16.0 Å². The van der Waals surface area contributed by atoms with E-state index in [9.17, 15) is 0 Å². The van der Waals surface area contributed by atoms with Gasteiger partial charge in [-0.2, -0.15) is 0 Å². The van der Waals surface area contributed by atoms with Gasteiger partial charge in [-0.3, -0.25) is 0 Å². The van der Waals surface area contributed by atoms with Crippen molar-refractivity contribution in [1.82, 2.24) is 19.6 Å². The third kappa shape index (κ3) is 2.93. The van der Waals surface area contributed by atoms with Crippen molar-refractivity contribution >= 4 is 21.4 Å². The summed E-state index contributed by atoms with van der Waals surface area (Å²) in [5, 5.41) is 8.70. The van der Waals surface area contributed by atoms with Crippen LogP contribution in [0.15, 0.2) is 54.9 Å². The first-order valence-corrected chi connectivity index (χ1v) is 8.28. The van der Waals surface area contributed by atoms with E-state index in [2.05, 4.69) is 32.5 Å². The van der Waals surface area contributed by atoms with E-state index < -0.39 is 0 Å². The molecule has 4 rings (SSSR count). The molecule has 3 aromatic heterocycles. The summed E-state index contributed by atoms with van der Waals surface area (Å²) < 4.78 is 6.86. The zero-order chi connectivity index (χ0) is 16.4. The molecule has 0 radical (unpaired) electrons. The number of ether oxygens (including phenoxy) is 1. The second-order valence-electron chi connectivity index (χ2n) is 5.19. The van der Waals surface area contributed by atoms with Gasteiger partial charge in [0.15, 0.2) is 0 Å². The van der Waals surface area contributed by atoms with E-state index in [1.165, 1.54) is 16.9 Å². The van der Waals surface area contributed by atoms with E-state index in [1.807, 2.05) is 36.5 Å². The third-order valence-electron chi connectivity index (χ3n) is 3.57. The molecule has 0 spiro atoms. The standard InChI is InChI=1S/C17H15N5OS/c1-23-15-8-7-13(10-18-15)14-11-22-17(20-14)24-16(21-22)19-9-12-5-3-2-4-6-12/h2-8,10-11H,9H2,1H3,(H,19,21). The normalized spacial score (nSPS) is 10.9. The van der Waals surface area contributed by atoms with Crippen LogP contribution in [-0.4, -0.2) is 26.7 Å². The fourth-order valence-electron chi connectivity index (χ4n) is 2.34. The molecule has 6 nitrogen and oxygen atoms in total. The van der Waals surface area contributed by atoms with Gasteiger partial charge < -0.3 is 10.1 Å². The highest BCUT2D eigenvalue weighted by Crippen LogP contribution is 2.25. The molecule has 0 saturated heterocycles. The van der Waals surface area contributed by atoms with Crippen molar-refractivity contribution in [2.45, 2.75) is 6.54 Å². The van der Waals surface area contributed by atoms with Crippen molar-refractivity contribution in [3.05, 3.63) is 60.4 Å². The van der Waals surface area contributed by atoms with Crippen LogP contribution < -0.4 is 10.1 Å². The van der Waals surface area contributed by atoms with Gasteiger partial charge in [0, 0.05) is 24.4 Å². The minimum absolute atomic E-state index is 0.588. The fourth-order valence-corrected chi connectivity index (χ4v) is 3.11. The van der Waals surface area contributed by atoms with E-state index in [1.54, 1.807) is 17.8 Å². The minimum atomic E-state index is 0.588. The van der Waals surface area contributed by atoms with E-state index in [4.69, 9.17) is 4.74 Å². The Labute approximate surface area is 142 Å². The van der Waals surface area contributed by atoms with Crippen molar-refractivity contribution in [3.8, 4) is 17.1 Å². The molecule has 3 heterocycles. The Balaban J connectivity index is 1.51. The molecule has 0 amide bonds. The van der Waals surface area contributed by atoms with Gasteiger partial charge >= 0.3 is 0 Å². The summed E-state index contributed by atoms with van der Waals surface area (Å²) in [5.74, 6) is 0.588. The van der Waals surface area contributed by atoms with Crippen LogP contribution in [0, 0.1) is 0 Å². The van der Waals surface area contributed by atoms with E-state index in [0.717, 1.165) is 27.9 Å². The molecule has 4 aromatic rings. The summed E-state index contributed by atoms with van der Waals surface area (Å²) in [4.78, 5) is 9.66. The number of aromatic nitrogens is 4. The maximum absolute atomic E-state index is 5.07. The third-order valence-corrected chi connectivity index (χ3v) is 4.45. The van der Waals surface area contributed by atoms with Gasteiger partial charge in [0.25, 0.3) is 0 Å². The smallest absolute Gasteiger partial charge is 0.214 e. The lowest BCUT2D eigenvalue weighted by Gasteiger charge is -2.01.